The zero-order valence-electron chi connectivity index (χ0n) is 10.5. The lowest BCUT2D eigenvalue weighted by molar-refractivity contribution is -0.123. The van der Waals surface area contributed by atoms with Crippen LogP contribution in [0.25, 0.3) is 6.08 Å². The summed E-state index contributed by atoms with van der Waals surface area (Å²) in [6.45, 7) is 1.30. The van der Waals surface area contributed by atoms with Crippen molar-refractivity contribution in [3.05, 3.63) is 42.0 Å². The lowest BCUT2D eigenvalue weighted by Gasteiger charge is -2.14. The number of ether oxygens (including phenoxy) is 1. The predicted molar refractivity (Wildman–Crippen MR) is 69.9 cm³/mol. The Balaban J connectivity index is 2.74. The highest BCUT2D eigenvalue weighted by Crippen LogP contribution is 2.03. The van der Waals surface area contributed by atoms with Gasteiger partial charge in [-0.15, -0.1) is 0 Å². The molecule has 0 aliphatic heterocycles. The standard InChI is InChI=1S/C14H14NO4/c1-2-19-14(18)15(10-11-16)13(17)9-8-12-6-4-3-5-7-12/h3-9H,2,10H2,1H3/b9-8+. The predicted octanol–water partition coefficient (Wildman–Crippen LogP) is 1.79. The van der Waals surface area contributed by atoms with E-state index in [0.29, 0.717) is 4.90 Å². The maximum atomic E-state index is 11.8. The highest BCUT2D eigenvalue weighted by molar-refractivity contribution is 6.02. The molecule has 0 atom stereocenters. The van der Waals surface area contributed by atoms with Crippen molar-refractivity contribution >= 4 is 24.4 Å². The molecule has 1 rings (SSSR count). The smallest absolute Gasteiger partial charge is 0.417 e. The van der Waals surface area contributed by atoms with Crippen molar-refractivity contribution in [2.24, 2.45) is 0 Å². The van der Waals surface area contributed by atoms with Gasteiger partial charge in [-0.25, -0.2) is 9.69 Å². The van der Waals surface area contributed by atoms with E-state index < -0.39 is 18.5 Å². The second-order valence-corrected chi connectivity index (χ2v) is 3.51. The number of carbonyl (C=O) groups excluding carboxylic acids is 3. The zero-order chi connectivity index (χ0) is 14.1. The molecule has 0 unspecified atom stereocenters. The SMILES string of the molecule is CCOC(=O)N(C[C]=O)C(=O)/C=C/c1ccccc1. The van der Waals surface area contributed by atoms with Crippen LogP contribution in [0.15, 0.2) is 36.4 Å². The van der Waals surface area contributed by atoms with E-state index in [1.165, 1.54) is 12.4 Å². The molecule has 1 aromatic rings. The highest BCUT2D eigenvalue weighted by Gasteiger charge is 2.20. The van der Waals surface area contributed by atoms with Gasteiger partial charge in [0.05, 0.1) is 13.2 Å². The number of hydrogen-bond donors (Lipinski definition) is 0. The summed E-state index contributed by atoms with van der Waals surface area (Å²) in [5.74, 6) is -0.620. The molecule has 0 fully saturated rings. The summed E-state index contributed by atoms with van der Waals surface area (Å²) in [5, 5.41) is 0. The molecule has 1 aromatic carbocycles. The molecule has 0 bridgehead atoms. The first kappa shape index (κ1) is 14.6. The van der Waals surface area contributed by atoms with Crippen molar-refractivity contribution in [1.29, 1.82) is 0 Å². The third-order valence-corrected chi connectivity index (χ3v) is 2.19. The Kier molecular flexibility index (Phi) is 6.02. The van der Waals surface area contributed by atoms with Gasteiger partial charge >= 0.3 is 6.09 Å². The summed E-state index contributed by atoms with van der Waals surface area (Å²) in [7, 11) is 0. The van der Waals surface area contributed by atoms with Gasteiger partial charge in [0.25, 0.3) is 5.91 Å². The molecule has 2 amide bonds. The molecule has 5 heteroatoms. The van der Waals surface area contributed by atoms with E-state index in [1.54, 1.807) is 13.0 Å². The molecule has 1 radical (unpaired) electrons. The summed E-state index contributed by atoms with van der Waals surface area (Å²) in [4.78, 5) is 34.3. The topological polar surface area (TPSA) is 63.7 Å². The van der Waals surface area contributed by atoms with Crippen molar-refractivity contribution in [2.45, 2.75) is 6.92 Å². The fourth-order valence-electron chi connectivity index (χ4n) is 1.32. The van der Waals surface area contributed by atoms with Crippen LogP contribution in [0.4, 0.5) is 4.79 Å². The van der Waals surface area contributed by atoms with Crippen LogP contribution in [0.5, 0.6) is 0 Å². The van der Waals surface area contributed by atoms with E-state index in [0.717, 1.165) is 5.56 Å². The second-order valence-electron chi connectivity index (χ2n) is 3.51. The molecule has 99 valence electrons. The van der Waals surface area contributed by atoms with Gasteiger partial charge < -0.3 is 4.74 Å². The summed E-state index contributed by atoms with van der Waals surface area (Å²) in [6.07, 6.45) is 3.42. The van der Waals surface area contributed by atoms with E-state index in [-0.39, 0.29) is 6.61 Å². The molecule has 0 aliphatic carbocycles. The van der Waals surface area contributed by atoms with Crippen LogP contribution >= 0.6 is 0 Å². The lowest BCUT2D eigenvalue weighted by atomic mass is 10.2. The highest BCUT2D eigenvalue weighted by atomic mass is 16.6. The number of rotatable bonds is 5. The Morgan fingerprint density at radius 1 is 1.32 bits per heavy atom. The van der Waals surface area contributed by atoms with Gasteiger partial charge in [0, 0.05) is 6.08 Å². The Morgan fingerprint density at radius 2 is 2.00 bits per heavy atom. The van der Waals surface area contributed by atoms with Gasteiger partial charge in [-0.2, -0.15) is 0 Å². The third kappa shape index (κ3) is 4.75. The summed E-state index contributed by atoms with van der Waals surface area (Å²) < 4.78 is 4.68. The lowest BCUT2D eigenvalue weighted by Crippen LogP contribution is -2.37. The molecule has 0 aromatic heterocycles. The van der Waals surface area contributed by atoms with Crippen molar-refractivity contribution in [3.8, 4) is 0 Å². The summed E-state index contributed by atoms with van der Waals surface area (Å²) in [5.41, 5.74) is 0.815. The van der Waals surface area contributed by atoms with Crippen LogP contribution in [0.1, 0.15) is 12.5 Å². The number of carbonyl (C=O) groups is 2. The molecule has 0 heterocycles. The monoisotopic (exact) mass is 260 g/mol. The molecule has 0 spiro atoms. The molecular weight excluding hydrogens is 246 g/mol. The molecule has 0 aliphatic rings. The average molecular weight is 260 g/mol. The minimum Gasteiger partial charge on any atom is -0.449 e. The van der Waals surface area contributed by atoms with E-state index in [2.05, 4.69) is 4.74 Å². The minimum absolute atomic E-state index is 0.129. The van der Waals surface area contributed by atoms with Gasteiger partial charge in [-0.1, -0.05) is 30.3 Å². The third-order valence-electron chi connectivity index (χ3n) is 2.19. The van der Waals surface area contributed by atoms with Crippen molar-refractivity contribution in [2.75, 3.05) is 13.2 Å². The number of benzene rings is 1. The Morgan fingerprint density at radius 3 is 2.58 bits per heavy atom. The summed E-state index contributed by atoms with van der Waals surface area (Å²) in [6, 6.07) is 9.12. The first-order valence-electron chi connectivity index (χ1n) is 5.75. The first-order valence-corrected chi connectivity index (χ1v) is 5.75. The van der Waals surface area contributed by atoms with Gasteiger partial charge in [0.15, 0.2) is 0 Å². The zero-order valence-corrected chi connectivity index (χ0v) is 10.5. The van der Waals surface area contributed by atoms with Crippen LogP contribution in [-0.4, -0.2) is 36.3 Å². The van der Waals surface area contributed by atoms with Gasteiger partial charge in [-0.3, -0.25) is 9.59 Å². The first-order chi connectivity index (χ1) is 9.19. The quantitative estimate of drug-likeness (QED) is 0.757. The number of imide groups is 1. The van der Waals surface area contributed by atoms with Gasteiger partial charge in [0.1, 0.15) is 0 Å². The fourth-order valence-corrected chi connectivity index (χ4v) is 1.32. The molecule has 0 N–H and O–H groups in total. The van der Waals surface area contributed by atoms with Crippen molar-refractivity contribution < 1.29 is 19.1 Å². The minimum atomic E-state index is -0.853. The number of hydrogen-bond acceptors (Lipinski definition) is 4. The average Bonchev–Trinajstić information content (AvgIpc) is 2.43. The molecule has 0 saturated carbocycles. The number of nitrogens with zero attached hydrogens (tertiary/aromatic N) is 1. The van der Waals surface area contributed by atoms with E-state index in [1.807, 2.05) is 30.3 Å². The van der Waals surface area contributed by atoms with Crippen LogP contribution in [0.2, 0.25) is 0 Å². The number of amides is 2. The van der Waals surface area contributed by atoms with Crippen LogP contribution < -0.4 is 0 Å². The Labute approximate surface area is 111 Å². The van der Waals surface area contributed by atoms with E-state index in [4.69, 9.17) is 0 Å². The second kappa shape index (κ2) is 7.81. The van der Waals surface area contributed by atoms with E-state index in [9.17, 15) is 14.4 Å². The normalized spacial score (nSPS) is 10.2. The largest absolute Gasteiger partial charge is 0.449 e. The van der Waals surface area contributed by atoms with Crippen LogP contribution in [0.3, 0.4) is 0 Å². The Hall–Kier alpha value is -2.43. The molecule has 0 saturated heterocycles. The maximum absolute atomic E-state index is 11.8. The maximum Gasteiger partial charge on any atom is 0.417 e. The van der Waals surface area contributed by atoms with Gasteiger partial charge in [-0.05, 0) is 18.6 Å². The fraction of sp³-hybridized carbons (Fsp3) is 0.214. The van der Waals surface area contributed by atoms with Gasteiger partial charge in [0.2, 0.25) is 6.29 Å². The van der Waals surface area contributed by atoms with Crippen molar-refractivity contribution in [3.63, 3.8) is 0 Å². The van der Waals surface area contributed by atoms with Crippen molar-refractivity contribution in [1.82, 2.24) is 4.90 Å². The molecule has 5 nitrogen and oxygen atoms in total. The summed E-state index contributed by atoms with van der Waals surface area (Å²) >= 11 is 0. The molecule has 19 heavy (non-hydrogen) atoms. The van der Waals surface area contributed by atoms with E-state index >= 15 is 0 Å². The Bertz CT molecular complexity index is 468. The van der Waals surface area contributed by atoms with Crippen LogP contribution in [-0.2, 0) is 14.3 Å². The van der Waals surface area contributed by atoms with Crippen LogP contribution in [0, 0.1) is 0 Å². The molecular formula is C14H14NO4.